The highest BCUT2D eigenvalue weighted by molar-refractivity contribution is 5.87. The summed E-state index contributed by atoms with van der Waals surface area (Å²) >= 11 is 0. The van der Waals surface area contributed by atoms with Crippen LogP contribution in [0.5, 0.6) is 0 Å². The monoisotopic (exact) mass is 332 g/mol. The first-order valence-electron chi connectivity index (χ1n) is 8.41. The van der Waals surface area contributed by atoms with E-state index in [0.717, 1.165) is 5.56 Å². The Labute approximate surface area is 144 Å². The summed E-state index contributed by atoms with van der Waals surface area (Å²) in [6.45, 7) is 9.91. The minimum atomic E-state index is -0.544. The van der Waals surface area contributed by atoms with Gasteiger partial charge in [0.05, 0.1) is 12.5 Å². The molecule has 4 heteroatoms. The van der Waals surface area contributed by atoms with Gasteiger partial charge in [-0.3, -0.25) is 4.79 Å². The van der Waals surface area contributed by atoms with Crippen molar-refractivity contribution in [1.29, 1.82) is 0 Å². The van der Waals surface area contributed by atoms with Crippen molar-refractivity contribution in [2.24, 2.45) is 17.8 Å². The number of carbonyl (C=O) groups excluding carboxylic acids is 2. The van der Waals surface area contributed by atoms with Crippen LogP contribution in [0.25, 0.3) is 6.08 Å². The van der Waals surface area contributed by atoms with Crippen molar-refractivity contribution in [3.8, 4) is 0 Å². The van der Waals surface area contributed by atoms with E-state index in [1.807, 2.05) is 58.0 Å². The number of rotatable bonds is 8. The maximum absolute atomic E-state index is 12.3. The second-order valence-electron chi connectivity index (χ2n) is 6.68. The van der Waals surface area contributed by atoms with Crippen molar-refractivity contribution in [1.82, 2.24) is 0 Å². The van der Waals surface area contributed by atoms with Crippen molar-refractivity contribution < 1.29 is 19.1 Å². The van der Waals surface area contributed by atoms with Crippen molar-refractivity contribution >= 4 is 18.0 Å². The normalized spacial score (nSPS) is 14.0. The third-order valence-electron chi connectivity index (χ3n) is 3.57. The van der Waals surface area contributed by atoms with Crippen LogP contribution in [0, 0.1) is 17.8 Å². The SMILES string of the molecule is CC(C)COC(=O)C(C(C)C)C(C)OC(=O)/C=C/c1ccccc1. The highest BCUT2D eigenvalue weighted by Crippen LogP contribution is 2.20. The lowest BCUT2D eigenvalue weighted by Gasteiger charge is -2.25. The fourth-order valence-electron chi connectivity index (χ4n) is 2.38. The summed E-state index contributed by atoms with van der Waals surface area (Å²) in [7, 11) is 0. The molecule has 2 atom stereocenters. The molecule has 24 heavy (non-hydrogen) atoms. The van der Waals surface area contributed by atoms with Gasteiger partial charge in [-0.25, -0.2) is 4.79 Å². The van der Waals surface area contributed by atoms with Gasteiger partial charge in [-0.1, -0.05) is 58.0 Å². The Kier molecular flexibility index (Phi) is 8.24. The number of esters is 2. The van der Waals surface area contributed by atoms with Crippen LogP contribution in [0.4, 0.5) is 0 Å². The number of ether oxygens (including phenoxy) is 2. The van der Waals surface area contributed by atoms with Crippen LogP contribution in [0.15, 0.2) is 36.4 Å². The van der Waals surface area contributed by atoms with Gasteiger partial charge in [0.25, 0.3) is 0 Å². The molecular weight excluding hydrogens is 304 g/mol. The summed E-state index contributed by atoms with van der Waals surface area (Å²) in [6.07, 6.45) is 2.52. The molecule has 1 aromatic carbocycles. The lowest BCUT2D eigenvalue weighted by Crippen LogP contribution is -2.35. The van der Waals surface area contributed by atoms with Crippen LogP contribution in [-0.2, 0) is 19.1 Å². The molecule has 0 saturated carbocycles. The van der Waals surface area contributed by atoms with Gasteiger partial charge in [0.1, 0.15) is 6.10 Å². The predicted molar refractivity (Wildman–Crippen MR) is 95.2 cm³/mol. The van der Waals surface area contributed by atoms with Crippen LogP contribution in [0.2, 0.25) is 0 Å². The summed E-state index contributed by atoms with van der Waals surface area (Å²) in [6, 6.07) is 9.49. The Morgan fingerprint density at radius 1 is 1.04 bits per heavy atom. The Hall–Kier alpha value is -2.10. The minimum absolute atomic E-state index is 0.0190. The summed E-state index contributed by atoms with van der Waals surface area (Å²) in [4.78, 5) is 24.2. The number of hydrogen-bond acceptors (Lipinski definition) is 4. The van der Waals surface area contributed by atoms with Gasteiger partial charge in [-0.15, -0.1) is 0 Å². The molecule has 0 heterocycles. The summed E-state index contributed by atoms with van der Waals surface area (Å²) < 4.78 is 10.7. The van der Waals surface area contributed by atoms with E-state index in [4.69, 9.17) is 9.47 Å². The van der Waals surface area contributed by atoms with Gasteiger partial charge < -0.3 is 9.47 Å². The molecule has 0 fully saturated rings. The molecule has 0 N–H and O–H groups in total. The van der Waals surface area contributed by atoms with Gasteiger partial charge in [0.2, 0.25) is 0 Å². The Morgan fingerprint density at radius 2 is 1.67 bits per heavy atom. The lowest BCUT2D eigenvalue weighted by atomic mass is 9.91. The Bertz CT molecular complexity index is 546. The first-order valence-corrected chi connectivity index (χ1v) is 8.41. The summed E-state index contributed by atoms with van der Waals surface area (Å²) in [5.74, 6) is -0.962. The zero-order chi connectivity index (χ0) is 18.1. The second kappa shape index (κ2) is 9.91. The first-order chi connectivity index (χ1) is 11.3. The molecule has 0 bridgehead atoms. The van der Waals surface area contributed by atoms with Crippen LogP contribution in [0.1, 0.15) is 40.2 Å². The van der Waals surface area contributed by atoms with Crippen molar-refractivity contribution in [3.05, 3.63) is 42.0 Å². The Balaban J connectivity index is 2.64. The smallest absolute Gasteiger partial charge is 0.331 e. The number of hydrogen-bond donors (Lipinski definition) is 0. The van der Waals surface area contributed by atoms with Crippen molar-refractivity contribution in [2.45, 2.75) is 40.7 Å². The average molecular weight is 332 g/mol. The molecule has 0 amide bonds. The van der Waals surface area contributed by atoms with E-state index in [9.17, 15) is 9.59 Å². The highest BCUT2D eigenvalue weighted by Gasteiger charge is 2.32. The summed E-state index contributed by atoms with van der Waals surface area (Å²) in [5, 5.41) is 0. The molecule has 0 aliphatic carbocycles. The van der Waals surface area contributed by atoms with E-state index in [-0.39, 0.29) is 17.8 Å². The molecule has 1 rings (SSSR count). The maximum Gasteiger partial charge on any atom is 0.331 e. The number of carbonyl (C=O) groups is 2. The zero-order valence-electron chi connectivity index (χ0n) is 15.2. The molecule has 1 aromatic rings. The van der Waals surface area contributed by atoms with Crippen LogP contribution < -0.4 is 0 Å². The average Bonchev–Trinajstić information content (AvgIpc) is 2.51. The quantitative estimate of drug-likeness (QED) is 0.531. The summed E-state index contributed by atoms with van der Waals surface area (Å²) in [5.41, 5.74) is 0.916. The third-order valence-corrected chi connectivity index (χ3v) is 3.57. The highest BCUT2D eigenvalue weighted by atomic mass is 16.6. The number of benzene rings is 1. The standard InChI is InChI=1S/C20H28O4/c1-14(2)13-23-20(22)19(15(3)4)16(5)24-18(21)12-11-17-9-7-6-8-10-17/h6-12,14-16,19H,13H2,1-5H3/b12-11+. The van der Waals surface area contributed by atoms with E-state index in [1.165, 1.54) is 6.08 Å². The van der Waals surface area contributed by atoms with E-state index >= 15 is 0 Å². The maximum atomic E-state index is 12.3. The van der Waals surface area contributed by atoms with Crippen LogP contribution in [-0.4, -0.2) is 24.6 Å². The van der Waals surface area contributed by atoms with Gasteiger partial charge >= 0.3 is 11.9 Å². The first kappa shape index (κ1) is 19.9. The second-order valence-corrected chi connectivity index (χ2v) is 6.68. The predicted octanol–water partition coefficient (Wildman–Crippen LogP) is 4.10. The molecule has 2 unspecified atom stereocenters. The molecular formula is C20H28O4. The minimum Gasteiger partial charge on any atom is -0.465 e. The lowest BCUT2D eigenvalue weighted by molar-refractivity contribution is -0.161. The van der Waals surface area contributed by atoms with Gasteiger partial charge in [0, 0.05) is 6.08 Å². The molecule has 0 saturated heterocycles. The fourth-order valence-corrected chi connectivity index (χ4v) is 2.38. The molecule has 0 aliphatic heterocycles. The van der Waals surface area contributed by atoms with Gasteiger partial charge in [0.15, 0.2) is 0 Å². The topological polar surface area (TPSA) is 52.6 Å². The fraction of sp³-hybridized carbons (Fsp3) is 0.500. The molecule has 0 spiro atoms. The third kappa shape index (κ3) is 6.99. The molecule has 0 aromatic heterocycles. The Morgan fingerprint density at radius 3 is 2.21 bits per heavy atom. The molecule has 4 nitrogen and oxygen atoms in total. The molecule has 0 aliphatic rings. The van der Waals surface area contributed by atoms with Gasteiger partial charge in [-0.2, -0.15) is 0 Å². The van der Waals surface area contributed by atoms with Crippen LogP contribution in [0.3, 0.4) is 0 Å². The van der Waals surface area contributed by atoms with E-state index in [0.29, 0.717) is 6.61 Å². The van der Waals surface area contributed by atoms with E-state index in [1.54, 1.807) is 13.0 Å². The van der Waals surface area contributed by atoms with Crippen molar-refractivity contribution in [3.63, 3.8) is 0 Å². The van der Waals surface area contributed by atoms with E-state index < -0.39 is 18.0 Å². The van der Waals surface area contributed by atoms with Crippen LogP contribution >= 0.6 is 0 Å². The largest absolute Gasteiger partial charge is 0.465 e. The molecule has 132 valence electrons. The zero-order valence-corrected chi connectivity index (χ0v) is 15.2. The van der Waals surface area contributed by atoms with Crippen molar-refractivity contribution in [2.75, 3.05) is 6.61 Å². The van der Waals surface area contributed by atoms with E-state index in [2.05, 4.69) is 0 Å². The molecule has 0 radical (unpaired) electrons. The van der Waals surface area contributed by atoms with Gasteiger partial charge in [-0.05, 0) is 30.4 Å².